The molecule has 0 heterocycles. The predicted octanol–water partition coefficient (Wildman–Crippen LogP) is 2.91. The minimum absolute atomic E-state index is 0.00901. The molecule has 0 aromatic heterocycles. The SMILES string of the molecule is CC(C)CN(CC(C)C)C(=O)COC(=O)CCCN(C)S(=O)(=O)c1ccc(F)cc1. The number of rotatable bonds is 12. The number of carbonyl (C=O) groups excluding carboxylic acids is 2. The number of sulfonamides is 1. The van der Waals surface area contributed by atoms with Crippen molar-refractivity contribution in [3.05, 3.63) is 30.1 Å². The summed E-state index contributed by atoms with van der Waals surface area (Å²) in [4.78, 5) is 26.0. The number of benzene rings is 1. The van der Waals surface area contributed by atoms with Gasteiger partial charge in [-0.2, -0.15) is 0 Å². The van der Waals surface area contributed by atoms with E-state index in [2.05, 4.69) is 0 Å². The molecule has 1 rings (SSSR count). The molecule has 7 nitrogen and oxygen atoms in total. The van der Waals surface area contributed by atoms with E-state index in [0.717, 1.165) is 16.4 Å². The first kappa shape index (κ1) is 26.0. The molecule has 0 saturated carbocycles. The Labute approximate surface area is 179 Å². The fourth-order valence-corrected chi connectivity index (χ4v) is 4.03. The van der Waals surface area contributed by atoms with E-state index >= 15 is 0 Å². The molecular formula is C21H33FN2O5S. The standard InChI is InChI=1S/C21H33FN2O5S/c1-16(2)13-24(14-17(3)4)20(25)15-29-21(26)7-6-12-23(5)30(27,28)19-10-8-18(22)9-11-19/h8-11,16-17H,6-7,12-15H2,1-5H3. The lowest BCUT2D eigenvalue weighted by molar-refractivity contribution is -0.152. The first-order valence-electron chi connectivity index (χ1n) is 10.1. The molecule has 1 aromatic rings. The minimum Gasteiger partial charge on any atom is -0.456 e. The van der Waals surface area contributed by atoms with Gasteiger partial charge in [-0.25, -0.2) is 17.1 Å². The zero-order chi connectivity index (χ0) is 22.9. The molecule has 30 heavy (non-hydrogen) atoms. The van der Waals surface area contributed by atoms with Gasteiger partial charge in [0.05, 0.1) is 4.90 Å². The van der Waals surface area contributed by atoms with Crippen LogP contribution in [0.15, 0.2) is 29.2 Å². The molecule has 1 aromatic carbocycles. The molecule has 0 aliphatic heterocycles. The van der Waals surface area contributed by atoms with E-state index in [0.29, 0.717) is 24.9 Å². The van der Waals surface area contributed by atoms with Crippen molar-refractivity contribution in [1.29, 1.82) is 0 Å². The van der Waals surface area contributed by atoms with Crippen LogP contribution in [0, 0.1) is 17.7 Å². The Hall–Kier alpha value is -2.00. The maximum absolute atomic E-state index is 13.0. The largest absolute Gasteiger partial charge is 0.456 e. The third-order valence-corrected chi connectivity index (χ3v) is 6.13. The van der Waals surface area contributed by atoms with E-state index in [1.54, 1.807) is 4.90 Å². The van der Waals surface area contributed by atoms with Crippen LogP contribution in [0.25, 0.3) is 0 Å². The van der Waals surface area contributed by atoms with Crippen LogP contribution in [-0.4, -0.2) is 62.8 Å². The molecule has 0 fully saturated rings. The molecule has 0 atom stereocenters. The van der Waals surface area contributed by atoms with Crippen LogP contribution in [0.5, 0.6) is 0 Å². The highest BCUT2D eigenvalue weighted by Crippen LogP contribution is 2.15. The Balaban J connectivity index is 2.46. The minimum atomic E-state index is -3.76. The molecule has 0 aliphatic rings. The number of hydrogen-bond donors (Lipinski definition) is 0. The van der Waals surface area contributed by atoms with Crippen LogP contribution in [0.4, 0.5) is 4.39 Å². The van der Waals surface area contributed by atoms with Gasteiger partial charge < -0.3 is 9.64 Å². The van der Waals surface area contributed by atoms with E-state index in [9.17, 15) is 22.4 Å². The Morgan fingerprint density at radius 2 is 1.57 bits per heavy atom. The van der Waals surface area contributed by atoms with E-state index in [1.165, 1.54) is 19.2 Å². The number of hydrogen-bond acceptors (Lipinski definition) is 5. The lowest BCUT2D eigenvalue weighted by Crippen LogP contribution is -2.39. The highest BCUT2D eigenvalue weighted by molar-refractivity contribution is 7.89. The Morgan fingerprint density at radius 1 is 1.03 bits per heavy atom. The zero-order valence-electron chi connectivity index (χ0n) is 18.4. The molecule has 0 spiro atoms. The smallest absolute Gasteiger partial charge is 0.306 e. The van der Waals surface area contributed by atoms with Gasteiger partial charge >= 0.3 is 5.97 Å². The van der Waals surface area contributed by atoms with Crippen molar-refractivity contribution >= 4 is 21.9 Å². The number of amides is 1. The average Bonchev–Trinajstić information content (AvgIpc) is 2.65. The molecule has 0 radical (unpaired) electrons. The van der Waals surface area contributed by atoms with Crippen molar-refractivity contribution in [2.45, 2.75) is 45.4 Å². The predicted molar refractivity (Wildman–Crippen MR) is 113 cm³/mol. The van der Waals surface area contributed by atoms with Gasteiger partial charge in [0.15, 0.2) is 6.61 Å². The maximum Gasteiger partial charge on any atom is 0.306 e. The molecule has 0 unspecified atom stereocenters. The van der Waals surface area contributed by atoms with Crippen molar-refractivity contribution in [3.63, 3.8) is 0 Å². The summed E-state index contributed by atoms with van der Waals surface area (Å²) in [7, 11) is -2.37. The van der Waals surface area contributed by atoms with Crippen molar-refractivity contribution in [2.75, 3.05) is 33.3 Å². The second kappa shape index (κ2) is 12.0. The Bertz CT molecular complexity index is 784. The molecular weight excluding hydrogens is 411 g/mol. The van der Waals surface area contributed by atoms with Gasteiger partial charge in [0.25, 0.3) is 5.91 Å². The van der Waals surface area contributed by atoms with Gasteiger partial charge in [0, 0.05) is 33.1 Å². The monoisotopic (exact) mass is 444 g/mol. The average molecular weight is 445 g/mol. The van der Waals surface area contributed by atoms with Crippen molar-refractivity contribution in [2.24, 2.45) is 11.8 Å². The molecule has 170 valence electrons. The van der Waals surface area contributed by atoms with E-state index in [4.69, 9.17) is 4.74 Å². The van der Waals surface area contributed by atoms with Crippen LogP contribution in [-0.2, 0) is 24.3 Å². The Morgan fingerprint density at radius 3 is 2.07 bits per heavy atom. The summed E-state index contributed by atoms with van der Waals surface area (Å²) in [5.41, 5.74) is 0. The summed E-state index contributed by atoms with van der Waals surface area (Å²) < 4.78 is 44.0. The summed E-state index contributed by atoms with van der Waals surface area (Å²) in [6, 6.07) is 4.55. The van der Waals surface area contributed by atoms with Gasteiger partial charge in [-0.15, -0.1) is 0 Å². The third kappa shape index (κ3) is 8.79. The second-order valence-corrected chi connectivity index (χ2v) is 10.2. The molecule has 9 heteroatoms. The fourth-order valence-electron chi connectivity index (χ4n) is 2.82. The quantitative estimate of drug-likeness (QED) is 0.463. The summed E-state index contributed by atoms with van der Waals surface area (Å²) in [6.07, 6.45) is 0.233. The number of halogens is 1. The summed E-state index contributed by atoms with van der Waals surface area (Å²) in [5, 5.41) is 0. The summed E-state index contributed by atoms with van der Waals surface area (Å²) >= 11 is 0. The van der Waals surface area contributed by atoms with Crippen LogP contribution >= 0.6 is 0 Å². The van der Waals surface area contributed by atoms with Crippen molar-refractivity contribution in [3.8, 4) is 0 Å². The topological polar surface area (TPSA) is 84.0 Å². The highest BCUT2D eigenvalue weighted by atomic mass is 32.2. The number of nitrogens with zero attached hydrogens (tertiary/aromatic N) is 2. The third-order valence-electron chi connectivity index (χ3n) is 4.26. The van der Waals surface area contributed by atoms with Gasteiger partial charge in [-0.3, -0.25) is 9.59 Å². The highest BCUT2D eigenvalue weighted by Gasteiger charge is 2.21. The molecule has 0 N–H and O–H groups in total. The first-order valence-corrected chi connectivity index (χ1v) is 11.5. The van der Waals surface area contributed by atoms with Gasteiger partial charge in [0.1, 0.15) is 5.82 Å². The zero-order valence-corrected chi connectivity index (χ0v) is 19.2. The van der Waals surface area contributed by atoms with Gasteiger partial charge in [-0.05, 0) is 42.5 Å². The van der Waals surface area contributed by atoms with Crippen LogP contribution in [0.2, 0.25) is 0 Å². The normalized spacial score (nSPS) is 11.9. The van der Waals surface area contributed by atoms with Gasteiger partial charge in [0.2, 0.25) is 10.0 Å². The fraction of sp³-hybridized carbons (Fsp3) is 0.619. The number of esters is 1. The van der Waals surface area contributed by atoms with E-state index in [1.807, 2.05) is 27.7 Å². The summed E-state index contributed by atoms with van der Waals surface area (Å²) in [6.45, 7) is 9.04. The summed E-state index contributed by atoms with van der Waals surface area (Å²) in [5.74, 6) is -0.690. The van der Waals surface area contributed by atoms with Crippen LogP contribution < -0.4 is 0 Å². The lowest BCUT2D eigenvalue weighted by Gasteiger charge is -2.26. The van der Waals surface area contributed by atoms with Crippen LogP contribution in [0.3, 0.4) is 0 Å². The first-order chi connectivity index (χ1) is 13.9. The van der Waals surface area contributed by atoms with Crippen molar-refractivity contribution < 1.29 is 27.1 Å². The van der Waals surface area contributed by atoms with Crippen molar-refractivity contribution in [1.82, 2.24) is 9.21 Å². The number of carbonyl (C=O) groups is 2. The number of ether oxygens (including phenoxy) is 1. The lowest BCUT2D eigenvalue weighted by atomic mass is 10.1. The second-order valence-electron chi connectivity index (χ2n) is 8.13. The molecule has 1 amide bonds. The maximum atomic E-state index is 13.0. The van der Waals surface area contributed by atoms with E-state index < -0.39 is 21.8 Å². The van der Waals surface area contributed by atoms with E-state index in [-0.39, 0.29) is 36.8 Å². The molecule has 0 saturated heterocycles. The molecule has 0 aliphatic carbocycles. The molecule has 0 bridgehead atoms. The Kier molecular flexibility index (Phi) is 10.4. The van der Waals surface area contributed by atoms with Crippen LogP contribution in [0.1, 0.15) is 40.5 Å². The van der Waals surface area contributed by atoms with Gasteiger partial charge in [-0.1, -0.05) is 27.7 Å².